The van der Waals surface area contributed by atoms with E-state index in [9.17, 15) is 17.6 Å². The number of ketones is 1. The second-order valence-electron chi connectivity index (χ2n) is 8.44. The Morgan fingerprint density at radius 3 is 2.49 bits per heavy atom. The molecule has 0 amide bonds. The quantitative estimate of drug-likeness (QED) is 0.320. The van der Waals surface area contributed by atoms with Crippen LogP contribution in [0.25, 0.3) is 11.0 Å². The Morgan fingerprint density at radius 2 is 1.86 bits per heavy atom. The minimum atomic E-state index is -3.50. The Morgan fingerprint density at radius 1 is 1.11 bits per heavy atom. The Balaban J connectivity index is 1.93. The molecule has 0 fully saturated rings. The highest BCUT2D eigenvalue weighted by Gasteiger charge is 2.23. The molecule has 0 aliphatic heterocycles. The zero-order valence-electron chi connectivity index (χ0n) is 20.7. The van der Waals surface area contributed by atoms with Gasteiger partial charge in [-0.25, -0.2) is 12.8 Å². The van der Waals surface area contributed by atoms with Gasteiger partial charge in [0.05, 0.1) is 11.8 Å². The first-order chi connectivity index (χ1) is 16.7. The van der Waals surface area contributed by atoms with Crippen LogP contribution in [0.2, 0.25) is 0 Å². The zero-order chi connectivity index (χ0) is 25.6. The van der Waals surface area contributed by atoms with Crippen LogP contribution in [-0.4, -0.2) is 51.6 Å². The number of fused-ring (bicyclic) bond motifs is 1. The van der Waals surface area contributed by atoms with Gasteiger partial charge in [-0.3, -0.25) is 9.52 Å². The van der Waals surface area contributed by atoms with Crippen LogP contribution in [0, 0.1) is 5.82 Å². The third-order valence-corrected chi connectivity index (χ3v) is 6.41. The molecule has 2 aromatic carbocycles. The fraction of sp³-hybridized carbons (Fsp3) is 0.423. The lowest BCUT2D eigenvalue weighted by Gasteiger charge is -2.18. The number of rotatable bonds is 13. The van der Waals surface area contributed by atoms with E-state index in [1.54, 1.807) is 24.3 Å². The highest BCUT2D eigenvalue weighted by Crippen LogP contribution is 2.32. The molecule has 0 atom stereocenters. The number of hydrogen-bond acceptors (Lipinski definition) is 6. The summed E-state index contributed by atoms with van der Waals surface area (Å²) in [7, 11) is -3.50. The van der Waals surface area contributed by atoms with E-state index in [2.05, 4.69) is 23.5 Å². The van der Waals surface area contributed by atoms with Gasteiger partial charge in [0.2, 0.25) is 10.0 Å². The van der Waals surface area contributed by atoms with E-state index in [-0.39, 0.29) is 17.1 Å². The summed E-state index contributed by atoms with van der Waals surface area (Å²) in [5, 5.41) is 0.481. The van der Waals surface area contributed by atoms with E-state index < -0.39 is 15.8 Å². The number of aryl methyl sites for hydroxylation is 1. The van der Waals surface area contributed by atoms with Crippen molar-refractivity contribution < 1.29 is 26.8 Å². The molecule has 190 valence electrons. The van der Waals surface area contributed by atoms with Gasteiger partial charge in [-0.2, -0.15) is 0 Å². The molecule has 3 rings (SSSR count). The third kappa shape index (κ3) is 6.82. The number of carbonyl (C=O) groups is 1. The van der Waals surface area contributed by atoms with Gasteiger partial charge < -0.3 is 14.1 Å². The van der Waals surface area contributed by atoms with Gasteiger partial charge in [0.25, 0.3) is 0 Å². The van der Waals surface area contributed by atoms with E-state index in [1.165, 1.54) is 12.1 Å². The average Bonchev–Trinajstić information content (AvgIpc) is 3.17. The Kier molecular flexibility index (Phi) is 8.91. The van der Waals surface area contributed by atoms with Crippen molar-refractivity contribution in [2.24, 2.45) is 0 Å². The van der Waals surface area contributed by atoms with Crippen molar-refractivity contribution in [1.82, 2.24) is 4.90 Å². The molecule has 35 heavy (non-hydrogen) atoms. The van der Waals surface area contributed by atoms with Gasteiger partial charge in [-0.1, -0.05) is 27.2 Å². The maximum Gasteiger partial charge on any atom is 0.229 e. The summed E-state index contributed by atoms with van der Waals surface area (Å²) in [4.78, 5) is 15.7. The molecule has 3 aromatic rings. The van der Waals surface area contributed by atoms with Gasteiger partial charge in [0, 0.05) is 29.6 Å². The van der Waals surface area contributed by atoms with E-state index in [0.29, 0.717) is 47.6 Å². The van der Waals surface area contributed by atoms with Gasteiger partial charge in [-0.05, 0) is 55.9 Å². The molecule has 0 spiro atoms. The maximum absolute atomic E-state index is 14.8. The first-order valence-electron chi connectivity index (χ1n) is 11.9. The predicted octanol–water partition coefficient (Wildman–Crippen LogP) is 5.24. The lowest BCUT2D eigenvalue weighted by atomic mass is 9.98. The van der Waals surface area contributed by atoms with Crippen LogP contribution in [0.4, 0.5) is 10.1 Å². The molecular weight excluding hydrogens is 471 g/mol. The number of nitrogens with one attached hydrogen (secondary N) is 1. The molecule has 7 nitrogen and oxygen atoms in total. The van der Waals surface area contributed by atoms with Crippen molar-refractivity contribution in [1.29, 1.82) is 0 Å². The van der Waals surface area contributed by atoms with Crippen LogP contribution in [-0.2, 0) is 16.4 Å². The number of ether oxygens (including phenoxy) is 1. The van der Waals surface area contributed by atoms with Gasteiger partial charge >= 0.3 is 0 Å². The van der Waals surface area contributed by atoms with E-state index in [4.69, 9.17) is 9.15 Å². The topological polar surface area (TPSA) is 88.8 Å². The second kappa shape index (κ2) is 11.7. The van der Waals surface area contributed by atoms with Crippen LogP contribution in [0.5, 0.6) is 5.75 Å². The summed E-state index contributed by atoms with van der Waals surface area (Å²) >= 11 is 0. The summed E-state index contributed by atoms with van der Waals surface area (Å²) in [6.45, 7) is 8.94. The molecule has 0 aliphatic rings. The van der Waals surface area contributed by atoms with Crippen molar-refractivity contribution in [3.8, 4) is 5.75 Å². The number of anilines is 1. The SMILES string of the molecule is CCCCc1oc2ccc(NS(C)(=O)=O)cc2c1C(=O)c1ccc(OCCN(CC)CC)c(F)c1. The number of nitrogens with zero attached hydrogens (tertiary/aromatic N) is 1. The molecule has 1 aromatic heterocycles. The molecule has 9 heteroatoms. The maximum atomic E-state index is 14.8. The van der Waals surface area contributed by atoms with Gasteiger partial charge in [-0.15, -0.1) is 0 Å². The Hall–Kier alpha value is -2.91. The monoisotopic (exact) mass is 504 g/mol. The first kappa shape index (κ1) is 26.7. The molecule has 0 unspecified atom stereocenters. The number of likely N-dealkylation sites (N-methyl/N-ethyl adjacent to an activating group) is 1. The Labute approximate surface area is 206 Å². The molecule has 1 heterocycles. The molecule has 0 saturated carbocycles. The fourth-order valence-corrected chi connectivity index (χ4v) is 4.47. The van der Waals surface area contributed by atoms with Crippen molar-refractivity contribution in [2.45, 2.75) is 40.0 Å². The third-order valence-electron chi connectivity index (χ3n) is 5.80. The molecular formula is C26H33FN2O5S. The molecule has 0 saturated heterocycles. The van der Waals surface area contributed by atoms with Crippen molar-refractivity contribution >= 4 is 32.5 Å². The lowest BCUT2D eigenvalue weighted by molar-refractivity contribution is 0.103. The van der Waals surface area contributed by atoms with Gasteiger partial charge in [0.1, 0.15) is 18.0 Å². The van der Waals surface area contributed by atoms with Gasteiger partial charge in [0.15, 0.2) is 17.3 Å². The summed E-state index contributed by atoms with van der Waals surface area (Å²) in [6, 6.07) is 8.96. The zero-order valence-corrected chi connectivity index (χ0v) is 21.5. The smallest absolute Gasteiger partial charge is 0.229 e. The number of halogens is 1. The molecule has 0 bridgehead atoms. The first-order valence-corrected chi connectivity index (χ1v) is 13.8. The summed E-state index contributed by atoms with van der Waals surface area (Å²) < 4.78 is 52.2. The number of unbranched alkanes of at least 4 members (excludes halogenated alkanes) is 1. The lowest BCUT2D eigenvalue weighted by Crippen LogP contribution is -2.28. The number of sulfonamides is 1. The predicted molar refractivity (Wildman–Crippen MR) is 136 cm³/mol. The van der Waals surface area contributed by atoms with Crippen molar-refractivity contribution in [3.05, 3.63) is 59.1 Å². The summed E-state index contributed by atoms with van der Waals surface area (Å²) in [5.74, 6) is -0.405. The fourth-order valence-electron chi connectivity index (χ4n) is 3.92. The summed E-state index contributed by atoms with van der Waals surface area (Å²) in [6.07, 6.45) is 3.30. The van der Waals surface area contributed by atoms with E-state index >= 15 is 0 Å². The highest BCUT2D eigenvalue weighted by molar-refractivity contribution is 7.92. The normalized spacial score (nSPS) is 11.8. The largest absolute Gasteiger partial charge is 0.489 e. The number of furan rings is 1. The van der Waals surface area contributed by atoms with E-state index in [1.807, 2.05) is 6.92 Å². The average molecular weight is 505 g/mol. The summed E-state index contributed by atoms with van der Waals surface area (Å²) in [5.41, 5.74) is 1.27. The van der Waals surface area contributed by atoms with Crippen LogP contribution < -0.4 is 9.46 Å². The minimum Gasteiger partial charge on any atom is -0.489 e. The molecule has 1 N–H and O–H groups in total. The van der Waals surface area contributed by atoms with Crippen molar-refractivity contribution in [2.75, 3.05) is 37.2 Å². The Bertz CT molecular complexity index is 1280. The molecule has 0 aliphatic carbocycles. The molecule has 0 radical (unpaired) electrons. The van der Waals surface area contributed by atoms with Crippen LogP contribution in [0.1, 0.15) is 55.3 Å². The number of benzene rings is 2. The van der Waals surface area contributed by atoms with Crippen LogP contribution in [0.15, 0.2) is 40.8 Å². The van der Waals surface area contributed by atoms with Crippen LogP contribution in [0.3, 0.4) is 0 Å². The minimum absolute atomic E-state index is 0.0941. The number of hydrogen-bond donors (Lipinski definition) is 1. The van der Waals surface area contributed by atoms with E-state index in [0.717, 1.165) is 32.2 Å². The second-order valence-corrected chi connectivity index (χ2v) is 10.2. The van der Waals surface area contributed by atoms with Crippen molar-refractivity contribution in [3.63, 3.8) is 0 Å². The number of carbonyl (C=O) groups excluding carboxylic acids is 1. The standard InChI is InChI=1S/C26H33FN2O5S/c1-5-8-9-24-25(20-17-19(28-35(4,31)32)11-13-22(20)34-24)26(30)18-10-12-23(21(27)16-18)33-15-14-29(6-2)7-3/h10-13,16-17,28H,5-9,14-15H2,1-4H3. The van der Waals surface area contributed by atoms with Crippen LogP contribution >= 0.6 is 0 Å². The highest BCUT2D eigenvalue weighted by atomic mass is 32.2.